The summed E-state index contributed by atoms with van der Waals surface area (Å²) in [5.74, 6) is 0.173. The highest BCUT2D eigenvalue weighted by Crippen LogP contribution is 2.12. The van der Waals surface area contributed by atoms with E-state index in [1.807, 2.05) is 0 Å². The molecule has 2 amide bonds. The number of nitrogens with zero attached hydrogens (tertiary/aromatic N) is 1. The molecule has 0 aliphatic rings. The summed E-state index contributed by atoms with van der Waals surface area (Å²) < 4.78 is 35.1. The van der Waals surface area contributed by atoms with Crippen LogP contribution in [0.25, 0.3) is 0 Å². The summed E-state index contributed by atoms with van der Waals surface area (Å²) in [5.41, 5.74) is 0.695. The topological polar surface area (TPSA) is 69.8 Å². The highest BCUT2D eigenvalue weighted by atomic mass is 19.4. The predicted octanol–water partition coefficient (Wildman–Crippen LogP) is 1.40. The lowest BCUT2D eigenvalue weighted by atomic mass is 10.5. The molecule has 15 heavy (non-hydrogen) atoms. The summed E-state index contributed by atoms with van der Waals surface area (Å²) in [5, 5.41) is 9.95. The van der Waals surface area contributed by atoms with Crippen LogP contribution in [0.2, 0.25) is 0 Å². The number of alkyl halides is 3. The molecular formula is C7H9F3N4O. The van der Waals surface area contributed by atoms with Crippen molar-refractivity contribution in [2.75, 3.05) is 11.9 Å². The molecule has 3 N–H and O–H groups in total. The number of aromatic nitrogens is 2. The van der Waals surface area contributed by atoms with Gasteiger partial charge in [0.05, 0.1) is 0 Å². The van der Waals surface area contributed by atoms with E-state index in [1.165, 1.54) is 6.07 Å². The van der Waals surface area contributed by atoms with Gasteiger partial charge < -0.3 is 5.32 Å². The standard InChI is InChI=1S/C7H9F3N4O/c1-4-2-5(14-13-4)12-6(15)11-3-7(8,9)10/h2H,3H2,1H3,(H3,11,12,13,14,15). The molecule has 0 spiro atoms. The van der Waals surface area contributed by atoms with Crippen molar-refractivity contribution < 1.29 is 18.0 Å². The van der Waals surface area contributed by atoms with Gasteiger partial charge in [0.1, 0.15) is 6.54 Å². The number of rotatable bonds is 2. The second-order valence-corrected chi connectivity index (χ2v) is 2.86. The van der Waals surface area contributed by atoms with Gasteiger partial charge in [-0.2, -0.15) is 18.3 Å². The van der Waals surface area contributed by atoms with Gasteiger partial charge in [0.15, 0.2) is 5.82 Å². The number of hydrogen-bond donors (Lipinski definition) is 3. The molecule has 8 heteroatoms. The maximum absolute atomic E-state index is 11.7. The van der Waals surface area contributed by atoms with Crippen LogP contribution in [0.4, 0.5) is 23.8 Å². The van der Waals surface area contributed by atoms with Gasteiger partial charge in [-0.05, 0) is 6.92 Å². The third kappa shape index (κ3) is 4.34. The van der Waals surface area contributed by atoms with Crippen molar-refractivity contribution in [3.8, 4) is 0 Å². The van der Waals surface area contributed by atoms with Crippen LogP contribution >= 0.6 is 0 Å². The zero-order valence-electron chi connectivity index (χ0n) is 7.77. The minimum absolute atomic E-state index is 0.173. The smallest absolute Gasteiger partial charge is 0.329 e. The molecule has 1 aromatic heterocycles. The van der Waals surface area contributed by atoms with Gasteiger partial charge in [0.25, 0.3) is 0 Å². The lowest BCUT2D eigenvalue weighted by molar-refractivity contribution is -0.122. The van der Waals surface area contributed by atoms with E-state index < -0.39 is 18.8 Å². The molecule has 1 aromatic rings. The monoisotopic (exact) mass is 222 g/mol. The molecule has 0 aliphatic carbocycles. The summed E-state index contributed by atoms with van der Waals surface area (Å²) in [6.07, 6.45) is -4.42. The maximum Gasteiger partial charge on any atom is 0.405 e. The van der Waals surface area contributed by atoms with Gasteiger partial charge in [0.2, 0.25) is 0 Å². The first kappa shape index (κ1) is 11.3. The second-order valence-electron chi connectivity index (χ2n) is 2.86. The maximum atomic E-state index is 11.7. The second kappa shape index (κ2) is 4.20. The molecule has 0 aliphatic heterocycles. The Hall–Kier alpha value is -1.73. The van der Waals surface area contributed by atoms with E-state index in [4.69, 9.17) is 0 Å². The van der Waals surface area contributed by atoms with Gasteiger partial charge in [-0.25, -0.2) is 4.79 Å². The average molecular weight is 222 g/mol. The number of halogens is 3. The Labute approximate surface area is 83.0 Å². The highest BCUT2D eigenvalue weighted by Gasteiger charge is 2.27. The van der Waals surface area contributed by atoms with E-state index in [0.29, 0.717) is 5.69 Å². The Morgan fingerprint density at radius 3 is 2.73 bits per heavy atom. The third-order valence-electron chi connectivity index (χ3n) is 1.40. The molecule has 0 saturated carbocycles. The quantitative estimate of drug-likeness (QED) is 0.707. The summed E-state index contributed by atoms with van der Waals surface area (Å²) in [6, 6.07) is 0.548. The Bertz CT molecular complexity index is 346. The van der Waals surface area contributed by atoms with Gasteiger partial charge in [-0.1, -0.05) is 0 Å². The zero-order valence-corrected chi connectivity index (χ0v) is 7.77. The Morgan fingerprint density at radius 1 is 1.60 bits per heavy atom. The van der Waals surface area contributed by atoms with Crippen LogP contribution in [0.3, 0.4) is 0 Å². The summed E-state index contributed by atoms with van der Waals surface area (Å²) in [7, 11) is 0. The van der Waals surface area contributed by atoms with Crippen LogP contribution in [-0.2, 0) is 0 Å². The van der Waals surface area contributed by atoms with Crippen LogP contribution in [0, 0.1) is 6.92 Å². The van der Waals surface area contributed by atoms with E-state index in [1.54, 1.807) is 12.2 Å². The molecule has 1 heterocycles. The van der Waals surface area contributed by atoms with E-state index in [0.717, 1.165) is 0 Å². The highest BCUT2D eigenvalue weighted by molar-refractivity contribution is 5.88. The number of H-pyrrole nitrogens is 1. The lowest BCUT2D eigenvalue weighted by Crippen LogP contribution is -2.36. The molecular weight excluding hydrogens is 213 g/mol. The fraction of sp³-hybridized carbons (Fsp3) is 0.429. The largest absolute Gasteiger partial charge is 0.405 e. The van der Waals surface area contributed by atoms with Crippen molar-refractivity contribution in [2.24, 2.45) is 0 Å². The first-order valence-electron chi connectivity index (χ1n) is 4.00. The fourth-order valence-electron chi connectivity index (χ4n) is 0.823. The Kier molecular flexibility index (Phi) is 3.17. The van der Waals surface area contributed by atoms with E-state index in [-0.39, 0.29) is 5.82 Å². The predicted molar refractivity (Wildman–Crippen MR) is 46.4 cm³/mol. The summed E-state index contributed by atoms with van der Waals surface area (Å²) in [4.78, 5) is 10.9. The number of aromatic amines is 1. The van der Waals surface area contributed by atoms with Gasteiger partial charge in [-0.3, -0.25) is 10.4 Å². The first-order valence-corrected chi connectivity index (χ1v) is 4.00. The molecule has 5 nitrogen and oxygen atoms in total. The molecule has 0 unspecified atom stereocenters. The number of amides is 2. The van der Waals surface area contributed by atoms with Crippen LogP contribution in [0.1, 0.15) is 5.69 Å². The van der Waals surface area contributed by atoms with Crippen molar-refractivity contribution in [2.45, 2.75) is 13.1 Å². The number of carbonyl (C=O) groups is 1. The zero-order chi connectivity index (χ0) is 11.5. The van der Waals surface area contributed by atoms with Gasteiger partial charge >= 0.3 is 12.2 Å². The van der Waals surface area contributed by atoms with Crippen LogP contribution < -0.4 is 10.6 Å². The van der Waals surface area contributed by atoms with E-state index in [9.17, 15) is 18.0 Å². The molecule has 1 rings (SSSR count). The molecule has 0 radical (unpaired) electrons. The van der Waals surface area contributed by atoms with Gasteiger partial charge in [-0.15, -0.1) is 0 Å². The number of anilines is 1. The number of hydrogen-bond acceptors (Lipinski definition) is 2. The number of urea groups is 1. The van der Waals surface area contributed by atoms with E-state index >= 15 is 0 Å². The van der Waals surface area contributed by atoms with Crippen molar-refractivity contribution in [3.63, 3.8) is 0 Å². The molecule has 0 fully saturated rings. The third-order valence-corrected chi connectivity index (χ3v) is 1.40. The van der Waals surface area contributed by atoms with Crippen LogP contribution in [0.5, 0.6) is 0 Å². The van der Waals surface area contributed by atoms with E-state index in [2.05, 4.69) is 15.5 Å². The molecule has 84 valence electrons. The average Bonchev–Trinajstić information content (AvgIpc) is 2.47. The molecule has 0 saturated heterocycles. The number of aryl methyl sites for hydroxylation is 1. The molecule has 0 aromatic carbocycles. The SMILES string of the molecule is Cc1cc(NC(=O)NCC(F)(F)F)n[nH]1. The summed E-state index contributed by atoms with van der Waals surface area (Å²) in [6.45, 7) is 0.327. The Balaban J connectivity index is 2.37. The first-order chi connectivity index (χ1) is 6.87. The van der Waals surface area contributed by atoms with Gasteiger partial charge in [0, 0.05) is 11.8 Å². The minimum atomic E-state index is -4.42. The van der Waals surface area contributed by atoms with Crippen molar-refractivity contribution in [3.05, 3.63) is 11.8 Å². The van der Waals surface area contributed by atoms with Crippen molar-refractivity contribution in [1.29, 1.82) is 0 Å². The summed E-state index contributed by atoms with van der Waals surface area (Å²) >= 11 is 0. The Morgan fingerprint density at radius 2 is 2.27 bits per heavy atom. The van der Waals surface area contributed by atoms with Crippen molar-refractivity contribution in [1.82, 2.24) is 15.5 Å². The lowest BCUT2D eigenvalue weighted by Gasteiger charge is -2.07. The fourth-order valence-corrected chi connectivity index (χ4v) is 0.823. The molecule has 0 atom stereocenters. The van der Waals surface area contributed by atoms with Crippen molar-refractivity contribution >= 4 is 11.8 Å². The number of carbonyl (C=O) groups excluding carboxylic acids is 1. The van der Waals surface area contributed by atoms with Crippen LogP contribution in [0.15, 0.2) is 6.07 Å². The molecule has 0 bridgehead atoms. The normalized spacial score (nSPS) is 11.2. The number of nitrogens with one attached hydrogen (secondary N) is 3. The van der Waals surface area contributed by atoms with Crippen LogP contribution in [-0.4, -0.2) is 28.9 Å². The minimum Gasteiger partial charge on any atom is -0.329 e.